The van der Waals surface area contributed by atoms with Crippen molar-refractivity contribution in [3.63, 3.8) is 0 Å². The van der Waals surface area contributed by atoms with Crippen LogP contribution >= 0.6 is 35.0 Å². The molecule has 4 rings (SSSR count). The van der Waals surface area contributed by atoms with E-state index in [0.29, 0.717) is 34.4 Å². The van der Waals surface area contributed by atoms with Crippen molar-refractivity contribution in [2.45, 2.75) is 25.9 Å². The van der Waals surface area contributed by atoms with Crippen molar-refractivity contribution in [3.05, 3.63) is 68.5 Å². The lowest BCUT2D eigenvalue weighted by atomic mass is 10.1. The normalized spacial score (nSPS) is 17.7. The van der Waals surface area contributed by atoms with Gasteiger partial charge in [-0.2, -0.15) is 0 Å². The summed E-state index contributed by atoms with van der Waals surface area (Å²) in [6.07, 6.45) is 4.63. The summed E-state index contributed by atoms with van der Waals surface area (Å²) in [5.74, 6) is -0.0991. The zero-order chi connectivity index (χ0) is 23.4. The van der Waals surface area contributed by atoms with Crippen molar-refractivity contribution in [2.75, 3.05) is 19.6 Å². The van der Waals surface area contributed by atoms with Crippen LogP contribution in [0, 0.1) is 0 Å². The summed E-state index contributed by atoms with van der Waals surface area (Å²) in [6, 6.07) is 12.5. The fraction of sp³-hybridized carbons (Fsp3) is 0.292. The third-order valence-corrected chi connectivity index (χ3v) is 7.11. The van der Waals surface area contributed by atoms with Gasteiger partial charge in [0.1, 0.15) is 18.9 Å². The van der Waals surface area contributed by atoms with Crippen molar-refractivity contribution < 1.29 is 19.1 Å². The molecule has 2 heterocycles. The van der Waals surface area contributed by atoms with Gasteiger partial charge in [0.05, 0.1) is 15.0 Å². The molecule has 2 saturated heterocycles. The van der Waals surface area contributed by atoms with E-state index in [1.54, 1.807) is 35.2 Å². The Bertz CT molecular complexity index is 1120. The van der Waals surface area contributed by atoms with Gasteiger partial charge < -0.3 is 9.64 Å². The number of thioether (sulfide) groups is 1. The van der Waals surface area contributed by atoms with Crippen LogP contribution in [0.15, 0.2) is 47.4 Å². The molecule has 33 heavy (non-hydrogen) atoms. The molecule has 0 atom stereocenters. The summed E-state index contributed by atoms with van der Waals surface area (Å²) >= 11 is 12.9. The van der Waals surface area contributed by atoms with Crippen LogP contribution in [0.1, 0.15) is 30.4 Å². The molecular formula is C24H22Cl2N2O4S. The van der Waals surface area contributed by atoms with E-state index in [-0.39, 0.29) is 24.0 Å². The highest BCUT2D eigenvalue weighted by Crippen LogP contribution is 2.34. The third kappa shape index (κ3) is 5.72. The molecule has 2 aromatic rings. The maximum atomic E-state index is 12.9. The number of nitrogens with zero attached hydrogens (tertiary/aromatic N) is 2. The number of halogens is 2. The summed E-state index contributed by atoms with van der Waals surface area (Å²) in [7, 11) is 0. The number of likely N-dealkylation sites (tertiary alicyclic amines) is 1. The van der Waals surface area contributed by atoms with Crippen LogP contribution in [0.25, 0.3) is 6.08 Å². The van der Waals surface area contributed by atoms with Crippen LogP contribution in [0.2, 0.25) is 10.0 Å². The molecule has 6 nitrogen and oxygen atoms in total. The first-order valence-electron chi connectivity index (χ1n) is 10.6. The molecule has 2 aliphatic heterocycles. The molecule has 0 aliphatic carbocycles. The molecule has 2 aliphatic rings. The third-order valence-electron chi connectivity index (χ3n) is 5.46. The minimum Gasteiger partial charge on any atom is -0.488 e. The standard InChI is InChI=1S/C24H22Cl2N2O4S/c25-18-9-8-16(12-19(18)26)15-32-20-7-3-2-6-17(20)13-21-23(30)28(24(31)33-21)14-22(29)27-10-4-1-5-11-27/h2-3,6-9,12-13H,1,4-5,10-11,14-15H2/b21-13-. The summed E-state index contributed by atoms with van der Waals surface area (Å²) in [5, 5.41) is 0.472. The van der Waals surface area contributed by atoms with Crippen LogP contribution in [-0.4, -0.2) is 46.5 Å². The molecule has 0 unspecified atom stereocenters. The van der Waals surface area contributed by atoms with Crippen molar-refractivity contribution in [3.8, 4) is 5.75 Å². The van der Waals surface area contributed by atoms with Gasteiger partial charge in [-0.3, -0.25) is 19.3 Å². The Labute approximate surface area is 206 Å². The molecule has 172 valence electrons. The second kappa shape index (κ2) is 10.6. The Hall–Kier alpha value is -2.48. The second-order valence-corrected chi connectivity index (χ2v) is 9.59. The Morgan fingerprint density at radius 1 is 1.03 bits per heavy atom. The van der Waals surface area contributed by atoms with Crippen LogP contribution in [0.5, 0.6) is 5.75 Å². The molecule has 0 saturated carbocycles. The molecule has 0 aromatic heterocycles. The summed E-state index contributed by atoms with van der Waals surface area (Å²) in [6.45, 7) is 1.38. The number of para-hydroxylation sites is 1. The molecular weight excluding hydrogens is 483 g/mol. The Kier molecular flexibility index (Phi) is 7.63. The van der Waals surface area contributed by atoms with Crippen molar-refractivity contribution >= 4 is 58.1 Å². The summed E-state index contributed by atoms with van der Waals surface area (Å²) in [4.78, 5) is 40.9. The van der Waals surface area contributed by atoms with E-state index in [4.69, 9.17) is 27.9 Å². The maximum Gasteiger partial charge on any atom is 0.294 e. The fourth-order valence-corrected chi connectivity index (χ4v) is 4.83. The van der Waals surface area contributed by atoms with Gasteiger partial charge in [0, 0.05) is 18.7 Å². The number of benzene rings is 2. The average Bonchev–Trinajstić information content (AvgIpc) is 3.08. The largest absolute Gasteiger partial charge is 0.488 e. The molecule has 0 spiro atoms. The molecule has 2 aromatic carbocycles. The van der Waals surface area contributed by atoms with E-state index >= 15 is 0 Å². The molecule has 9 heteroatoms. The lowest BCUT2D eigenvalue weighted by Gasteiger charge is -2.27. The summed E-state index contributed by atoms with van der Waals surface area (Å²) in [5.41, 5.74) is 1.50. The van der Waals surface area contributed by atoms with Gasteiger partial charge >= 0.3 is 0 Å². The first-order chi connectivity index (χ1) is 15.9. The predicted molar refractivity (Wildman–Crippen MR) is 130 cm³/mol. The predicted octanol–water partition coefficient (Wildman–Crippen LogP) is 5.62. The monoisotopic (exact) mass is 504 g/mol. The van der Waals surface area contributed by atoms with Crippen LogP contribution in [0.3, 0.4) is 0 Å². The van der Waals surface area contributed by atoms with Crippen molar-refractivity contribution in [1.29, 1.82) is 0 Å². The maximum absolute atomic E-state index is 12.9. The Morgan fingerprint density at radius 2 is 1.79 bits per heavy atom. The number of piperidine rings is 1. The number of hydrogen-bond donors (Lipinski definition) is 0. The van der Waals surface area contributed by atoms with E-state index in [1.165, 1.54) is 0 Å². The topological polar surface area (TPSA) is 66.9 Å². The number of imide groups is 1. The van der Waals surface area contributed by atoms with Gasteiger partial charge in [-0.25, -0.2) is 0 Å². The van der Waals surface area contributed by atoms with Gasteiger partial charge in [-0.05, 0) is 60.9 Å². The summed E-state index contributed by atoms with van der Waals surface area (Å²) < 4.78 is 5.93. The highest BCUT2D eigenvalue weighted by molar-refractivity contribution is 8.18. The Morgan fingerprint density at radius 3 is 2.55 bits per heavy atom. The molecule has 2 fully saturated rings. The SMILES string of the molecule is O=C(CN1C(=O)S/C(=C\c2ccccc2OCc2ccc(Cl)c(Cl)c2)C1=O)N1CCCCC1. The second-order valence-electron chi connectivity index (χ2n) is 7.78. The highest BCUT2D eigenvalue weighted by atomic mass is 35.5. The van der Waals surface area contributed by atoms with Gasteiger partial charge in [0.2, 0.25) is 5.91 Å². The van der Waals surface area contributed by atoms with Crippen LogP contribution in [0.4, 0.5) is 4.79 Å². The van der Waals surface area contributed by atoms with E-state index in [0.717, 1.165) is 41.5 Å². The first-order valence-corrected chi connectivity index (χ1v) is 12.2. The number of rotatable bonds is 6. The van der Waals surface area contributed by atoms with Gasteiger partial charge in [-0.15, -0.1) is 0 Å². The molecule has 3 amide bonds. The molecule has 0 radical (unpaired) electrons. The number of carbonyl (C=O) groups is 3. The van der Waals surface area contributed by atoms with Crippen LogP contribution < -0.4 is 4.74 Å². The van der Waals surface area contributed by atoms with E-state index in [9.17, 15) is 14.4 Å². The number of ether oxygens (including phenoxy) is 1. The minimum atomic E-state index is -0.463. The molecule has 0 N–H and O–H groups in total. The highest BCUT2D eigenvalue weighted by Gasteiger charge is 2.37. The minimum absolute atomic E-state index is 0.191. The Balaban J connectivity index is 1.46. The van der Waals surface area contributed by atoms with Crippen LogP contribution in [-0.2, 0) is 16.2 Å². The zero-order valence-electron chi connectivity index (χ0n) is 17.8. The number of amides is 3. The van der Waals surface area contributed by atoms with Gasteiger partial charge in [0.25, 0.3) is 11.1 Å². The van der Waals surface area contributed by atoms with Gasteiger partial charge in [0.15, 0.2) is 0 Å². The first kappa shape index (κ1) is 23.7. The van der Waals surface area contributed by atoms with E-state index in [2.05, 4.69) is 0 Å². The number of hydrogen-bond acceptors (Lipinski definition) is 5. The quantitative estimate of drug-likeness (QED) is 0.477. The van der Waals surface area contributed by atoms with E-state index < -0.39 is 11.1 Å². The smallest absolute Gasteiger partial charge is 0.294 e. The lowest BCUT2D eigenvalue weighted by Crippen LogP contribution is -2.44. The zero-order valence-corrected chi connectivity index (χ0v) is 20.1. The van der Waals surface area contributed by atoms with E-state index in [1.807, 2.05) is 18.2 Å². The fourth-order valence-electron chi connectivity index (χ4n) is 3.68. The van der Waals surface area contributed by atoms with Crippen molar-refractivity contribution in [1.82, 2.24) is 9.80 Å². The molecule has 0 bridgehead atoms. The van der Waals surface area contributed by atoms with Crippen molar-refractivity contribution in [2.24, 2.45) is 0 Å². The average molecular weight is 505 g/mol. The van der Waals surface area contributed by atoms with Gasteiger partial charge in [-0.1, -0.05) is 47.5 Å². The lowest BCUT2D eigenvalue weighted by molar-refractivity contribution is -0.136. The number of carbonyl (C=O) groups excluding carboxylic acids is 3.